The molecule has 110 valence electrons. The average Bonchev–Trinajstić information content (AvgIpc) is 2.80. The van der Waals surface area contributed by atoms with E-state index in [0.717, 1.165) is 31.0 Å². The molecule has 1 aromatic carbocycles. The minimum Gasteiger partial charge on any atom is -0.366 e. The van der Waals surface area contributed by atoms with Crippen LogP contribution in [-0.4, -0.2) is 33.5 Å². The van der Waals surface area contributed by atoms with Crippen molar-refractivity contribution in [3.8, 4) is 0 Å². The second-order valence-electron chi connectivity index (χ2n) is 5.89. The van der Waals surface area contributed by atoms with Gasteiger partial charge in [0.05, 0.1) is 0 Å². The summed E-state index contributed by atoms with van der Waals surface area (Å²) < 4.78 is 0. The molecule has 2 aromatic rings. The van der Waals surface area contributed by atoms with E-state index in [9.17, 15) is 0 Å². The van der Waals surface area contributed by atoms with Crippen LogP contribution in [0.15, 0.2) is 42.7 Å². The molecule has 2 unspecified atom stereocenters. The fraction of sp³-hybridized carbons (Fsp3) is 0.412. The lowest BCUT2D eigenvalue weighted by molar-refractivity contribution is 0.259. The van der Waals surface area contributed by atoms with Gasteiger partial charge in [-0.25, -0.2) is 9.97 Å². The summed E-state index contributed by atoms with van der Waals surface area (Å²) in [5.41, 5.74) is 2.38. The first-order valence-corrected chi connectivity index (χ1v) is 7.54. The summed E-state index contributed by atoms with van der Waals surface area (Å²) >= 11 is 0. The summed E-state index contributed by atoms with van der Waals surface area (Å²) in [4.78, 5) is 11.0. The van der Waals surface area contributed by atoms with Crippen LogP contribution in [-0.2, 0) is 6.54 Å². The lowest BCUT2D eigenvalue weighted by Crippen LogP contribution is -2.28. The molecule has 4 heteroatoms. The lowest BCUT2D eigenvalue weighted by atomic mass is 10.2. The molecule has 2 heterocycles. The summed E-state index contributed by atoms with van der Waals surface area (Å²) in [6.45, 7) is 6.36. The Bertz CT molecular complexity index is 584. The first-order valence-electron chi connectivity index (χ1n) is 7.54. The molecular formula is C17H22N4. The molecule has 4 nitrogen and oxygen atoms in total. The third-order valence-electron chi connectivity index (χ3n) is 4.09. The fourth-order valence-corrected chi connectivity index (χ4v) is 2.98. The minimum atomic E-state index is 0.456. The molecule has 0 radical (unpaired) electrons. The maximum Gasteiger partial charge on any atom is 0.129 e. The Morgan fingerprint density at radius 3 is 2.81 bits per heavy atom. The molecule has 0 spiro atoms. The molecule has 0 saturated carbocycles. The predicted molar refractivity (Wildman–Crippen MR) is 85.1 cm³/mol. The number of hydrogen-bond acceptors (Lipinski definition) is 4. The summed E-state index contributed by atoms with van der Waals surface area (Å²) in [5, 5.41) is 3.54. The summed E-state index contributed by atoms with van der Waals surface area (Å²) in [5.74, 6) is 0.932. The second-order valence-corrected chi connectivity index (χ2v) is 5.89. The van der Waals surface area contributed by atoms with Crippen molar-refractivity contribution in [3.63, 3.8) is 0 Å². The lowest BCUT2D eigenvalue weighted by Gasteiger charge is -2.20. The van der Waals surface area contributed by atoms with Crippen LogP contribution in [0, 0.1) is 6.92 Å². The van der Waals surface area contributed by atoms with Crippen molar-refractivity contribution in [2.24, 2.45) is 0 Å². The molecule has 3 rings (SSSR count). The van der Waals surface area contributed by atoms with Crippen LogP contribution in [0.3, 0.4) is 0 Å². The highest BCUT2D eigenvalue weighted by atomic mass is 15.2. The van der Waals surface area contributed by atoms with Gasteiger partial charge in [-0.2, -0.15) is 0 Å². The fourth-order valence-electron chi connectivity index (χ4n) is 2.98. The van der Waals surface area contributed by atoms with Gasteiger partial charge < -0.3 is 5.32 Å². The van der Waals surface area contributed by atoms with Crippen LogP contribution in [0.25, 0.3) is 0 Å². The van der Waals surface area contributed by atoms with Gasteiger partial charge in [-0.05, 0) is 25.8 Å². The number of aryl methyl sites for hydroxylation is 1. The first-order chi connectivity index (χ1) is 10.2. The van der Waals surface area contributed by atoms with E-state index in [2.05, 4.69) is 57.4 Å². The number of likely N-dealkylation sites (tertiary alicyclic amines) is 1. The summed E-state index contributed by atoms with van der Waals surface area (Å²) in [7, 11) is 0. The van der Waals surface area contributed by atoms with Crippen molar-refractivity contribution in [1.82, 2.24) is 14.9 Å². The Hall–Kier alpha value is -1.94. The number of benzene rings is 1. The van der Waals surface area contributed by atoms with E-state index in [4.69, 9.17) is 0 Å². The van der Waals surface area contributed by atoms with Crippen LogP contribution in [0.4, 0.5) is 5.82 Å². The van der Waals surface area contributed by atoms with Gasteiger partial charge in [0, 0.05) is 36.9 Å². The van der Waals surface area contributed by atoms with E-state index in [1.54, 1.807) is 6.33 Å². The average molecular weight is 282 g/mol. The van der Waals surface area contributed by atoms with Crippen LogP contribution in [0.1, 0.15) is 24.6 Å². The number of aromatic nitrogens is 2. The molecule has 1 fully saturated rings. The van der Waals surface area contributed by atoms with Gasteiger partial charge in [0.2, 0.25) is 0 Å². The summed E-state index contributed by atoms with van der Waals surface area (Å²) in [6.07, 6.45) is 2.77. The van der Waals surface area contributed by atoms with Crippen molar-refractivity contribution in [1.29, 1.82) is 0 Å². The molecule has 1 aliphatic heterocycles. The van der Waals surface area contributed by atoms with Gasteiger partial charge in [-0.15, -0.1) is 0 Å². The zero-order chi connectivity index (χ0) is 14.7. The SMILES string of the molecule is Cc1cc(NC2CC(C)N(Cc3ccccc3)C2)ncn1. The number of hydrogen-bond donors (Lipinski definition) is 1. The van der Waals surface area contributed by atoms with Gasteiger partial charge in [0.25, 0.3) is 0 Å². The maximum atomic E-state index is 4.30. The highest BCUT2D eigenvalue weighted by Gasteiger charge is 2.28. The highest BCUT2D eigenvalue weighted by Crippen LogP contribution is 2.22. The predicted octanol–water partition coefficient (Wildman–Crippen LogP) is 2.86. The quantitative estimate of drug-likeness (QED) is 0.936. The van der Waals surface area contributed by atoms with Gasteiger partial charge in [0.1, 0.15) is 12.1 Å². The molecule has 21 heavy (non-hydrogen) atoms. The Labute approximate surface area is 126 Å². The van der Waals surface area contributed by atoms with Crippen molar-refractivity contribution >= 4 is 5.82 Å². The topological polar surface area (TPSA) is 41.0 Å². The van der Waals surface area contributed by atoms with E-state index in [1.807, 2.05) is 13.0 Å². The number of nitrogens with zero attached hydrogens (tertiary/aromatic N) is 3. The van der Waals surface area contributed by atoms with E-state index in [0.29, 0.717) is 12.1 Å². The zero-order valence-corrected chi connectivity index (χ0v) is 12.7. The smallest absolute Gasteiger partial charge is 0.129 e. The maximum absolute atomic E-state index is 4.30. The molecule has 1 N–H and O–H groups in total. The van der Waals surface area contributed by atoms with Gasteiger partial charge in [-0.1, -0.05) is 30.3 Å². The number of nitrogens with one attached hydrogen (secondary N) is 1. The first kappa shape index (κ1) is 14.0. The Kier molecular flexibility index (Phi) is 4.15. The molecule has 1 aliphatic rings. The molecule has 0 bridgehead atoms. The molecule has 1 aromatic heterocycles. The standard InChI is InChI=1S/C17H22N4/c1-13-8-17(19-12-18-13)20-16-9-14(2)21(11-16)10-15-6-4-3-5-7-15/h3-8,12,14,16H,9-11H2,1-2H3,(H,18,19,20). The normalized spacial score (nSPS) is 22.4. The van der Waals surface area contributed by atoms with Gasteiger partial charge in [0.15, 0.2) is 0 Å². The number of anilines is 1. The van der Waals surface area contributed by atoms with Crippen molar-refractivity contribution in [2.45, 2.75) is 38.9 Å². The van der Waals surface area contributed by atoms with Crippen LogP contribution in [0.2, 0.25) is 0 Å². The third kappa shape index (κ3) is 3.58. The molecule has 0 amide bonds. The largest absolute Gasteiger partial charge is 0.366 e. The van der Waals surface area contributed by atoms with Crippen LogP contribution >= 0.6 is 0 Å². The second kappa shape index (κ2) is 6.22. The zero-order valence-electron chi connectivity index (χ0n) is 12.7. The van der Waals surface area contributed by atoms with E-state index >= 15 is 0 Å². The van der Waals surface area contributed by atoms with Crippen molar-refractivity contribution < 1.29 is 0 Å². The summed E-state index contributed by atoms with van der Waals surface area (Å²) in [6, 6.07) is 13.7. The molecular weight excluding hydrogens is 260 g/mol. The Morgan fingerprint density at radius 1 is 1.24 bits per heavy atom. The third-order valence-corrected chi connectivity index (χ3v) is 4.09. The molecule has 0 aliphatic carbocycles. The van der Waals surface area contributed by atoms with E-state index < -0.39 is 0 Å². The van der Waals surface area contributed by atoms with Gasteiger partial charge in [-0.3, -0.25) is 4.90 Å². The Morgan fingerprint density at radius 2 is 2.05 bits per heavy atom. The number of rotatable bonds is 4. The van der Waals surface area contributed by atoms with Gasteiger partial charge >= 0.3 is 0 Å². The molecule has 2 atom stereocenters. The monoisotopic (exact) mass is 282 g/mol. The van der Waals surface area contributed by atoms with E-state index in [1.165, 1.54) is 5.56 Å². The Balaban J connectivity index is 1.61. The van der Waals surface area contributed by atoms with Crippen LogP contribution < -0.4 is 5.32 Å². The van der Waals surface area contributed by atoms with Crippen molar-refractivity contribution in [2.75, 3.05) is 11.9 Å². The van der Waals surface area contributed by atoms with E-state index in [-0.39, 0.29) is 0 Å². The molecule has 1 saturated heterocycles. The highest BCUT2D eigenvalue weighted by molar-refractivity contribution is 5.36. The van der Waals surface area contributed by atoms with Crippen molar-refractivity contribution in [3.05, 3.63) is 54.0 Å². The minimum absolute atomic E-state index is 0.456. The van der Waals surface area contributed by atoms with Crippen LogP contribution in [0.5, 0.6) is 0 Å².